The molecule has 1 aliphatic carbocycles. The number of aromatic nitrogens is 3. The Labute approximate surface area is 179 Å². The first-order valence-corrected chi connectivity index (χ1v) is 11.1. The zero-order chi connectivity index (χ0) is 21.3. The lowest BCUT2D eigenvalue weighted by Crippen LogP contribution is -2.69. The van der Waals surface area contributed by atoms with E-state index in [2.05, 4.69) is 21.6 Å². The minimum atomic E-state index is -0.898. The Kier molecular flexibility index (Phi) is 5.64. The molecule has 8 nitrogen and oxygen atoms in total. The van der Waals surface area contributed by atoms with Gasteiger partial charge in [-0.25, -0.2) is 0 Å². The first kappa shape index (κ1) is 20.6. The minimum Gasteiger partial charge on any atom is -0.318 e. The normalized spacial score (nSPS) is 18.5. The van der Waals surface area contributed by atoms with Crippen molar-refractivity contribution in [2.24, 2.45) is 0 Å². The molecule has 3 amide bonds. The third-order valence-corrected chi connectivity index (χ3v) is 6.86. The molecule has 4 rings (SSSR count). The van der Waals surface area contributed by atoms with E-state index in [4.69, 9.17) is 0 Å². The van der Waals surface area contributed by atoms with Gasteiger partial charge in [0.25, 0.3) is 5.91 Å². The van der Waals surface area contributed by atoms with Gasteiger partial charge >= 0.3 is 0 Å². The van der Waals surface area contributed by atoms with Gasteiger partial charge in [-0.1, -0.05) is 48.7 Å². The van der Waals surface area contributed by atoms with E-state index in [0.717, 1.165) is 30.5 Å². The molecule has 0 unspecified atom stereocenters. The molecule has 9 heteroatoms. The van der Waals surface area contributed by atoms with E-state index in [9.17, 15) is 14.4 Å². The van der Waals surface area contributed by atoms with Crippen LogP contribution in [0.15, 0.2) is 29.7 Å². The van der Waals surface area contributed by atoms with Crippen LogP contribution in [0, 0.1) is 13.8 Å². The summed E-state index contributed by atoms with van der Waals surface area (Å²) in [6, 6.07) is 6.11. The maximum absolute atomic E-state index is 13.1. The van der Waals surface area contributed by atoms with Crippen LogP contribution in [0.5, 0.6) is 0 Å². The molecule has 1 N–H and O–H groups in total. The number of benzene rings is 1. The fourth-order valence-electron chi connectivity index (χ4n) is 4.43. The second kappa shape index (κ2) is 8.22. The predicted molar refractivity (Wildman–Crippen MR) is 112 cm³/mol. The molecule has 2 fully saturated rings. The van der Waals surface area contributed by atoms with Gasteiger partial charge < -0.3 is 4.90 Å². The SMILES string of the molecule is Cc1ccc(-n2cnnc2SCC(=O)N2CC(=O)NC(=O)C23CCCCC3)c(C)c1. The van der Waals surface area contributed by atoms with Crippen molar-refractivity contribution in [1.29, 1.82) is 0 Å². The summed E-state index contributed by atoms with van der Waals surface area (Å²) in [5.41, 5.74) is 2.31. The van der Waals surface area contributed by atoms with E-state index in [1.165, 1.54) is 22.2 Å². The minimum absolute atomic E-state index is 0.0745. The molecule has 0 bridgehead atoms. The maximum atomic E-state index is 13.1. The van der Waals surface area contributed by atoms with Gasteiger partial charge in [0.15, 0.2) is 5.16 Å². The van der Waals surface area contributed by atoms with E-state index in [1.54, 1.807) is 6.33 Å². The van der Waals surface area contributed by atoms with Gasteiger partial charge in [-0.3, -0.25) is 24.3 Å². The number of hydrogen-bond donors (Lipinski definition) is 1. The van der Waals surface area contributed by atoms with Crippen LogP contribution < -0.4 is 5.32 Å². The summed E-state index contributed by atoms with van der Waals surface area (Å²) in [7, 11) is 0. The number of hydrogen-bond acceptors (Lipinski definition) is 6. The number of nitrogens with one attached hydrogen (secondary N) is 1. The summed E-state index contributed by atoms with van der Waals surface area (Å²) >= 11 is 1.27. The first-order chi connectivity index (χ1) is 14.4. The van der Waals surface area contributed by atoms with E-state index in [1.807, 2.05) is 30.5 Å². The molecule has 158 valence electrons. The molecule has 1 aliphatic heterocycles. The quantitative estimate of drug-likeness (QED) is 0.593. The summed E-state index contributed by atoms with van der Waals surface area (Å²) in [5.74, 6) is -0.894. The Morgan fingerprint density at radius 2 is 1.97 bits per heavy atom. The molecule has 2 aliphatic rings. The van der Waals surface area contributed by atoms with Crippen molar-refractivity contribution in [2.45, 2.75) is 56.6 Å². The predicted octanol–water partition coefficient (Wildman–Crippen LogP) is 2.16. The van der Waals surface area contributed by atoms with Crippen molar-refractivity contribution in [3.63, 3.8) is 0 Å². The number of thioether (sulfide) groups is 1. The Hall–Kier alpha value is -2.68. The van der Waals surface area contributed by atoms with Crippen LogP contribution >= 0.6 is 11.8 Å². The van der Waals surface area contributed by atoms with Gasteiger partial charge in [-0.05, 0) is 38.3 Å². The first-order valence-electron chi connectivity index (χ1n) is 10.2. The second-order valence-corrected chi connectivity index (χ2v) is 8.95. The van der Waals surface area contributed by atoms with Gasteiger partial charge in [0.05, 0.1) is 11.4 Å². The van der Waals surface area contributed by atoms with E-state index in [0.29, 0.717) is 18.0 Å². The molecular weight excluding hydrogens is 402 g/mol. The lowest BCUT2D eigenvalue weighted by atomic mass is 9.78. The summed E-state index contributed by atoms with van der Waals surface area (Å²) in [6.07, 6.45) is 5.62. The molecule has 1 saturated heterocycles. The lowest BCUT2D eigenvalue weighted by molar-refractivity contribution is -0.158. The number of amides is 3. The monoisotopic (exact) mass is 427 g/mol. The molecule has 1 aromatic carbocycles. The fourth-order valence-corrected chi connectivity index (χ4v) is 5.23. The van der Waals surface area contributed by atoms with Gasteiger partial charge in [-0.2, -0.15) is 0 Å². The van der Waals surface area contributed by atoms with Crippen molar-refractivity contribution in [1.82, 2.24) is 25.0 Å². The highest BCUT2D eigenvalue weighted by molar-refractivity contribution is 7.99. The van der Waals surface area contributed by atoms with Gasteiger partial charge in [0.2, 0.25) is 11.8 Å². The molecular formula is C21H25N5O3S. The number of carbonyl (C=O) groups is 3. The van der Waals surface area contributed by atoms with Crippen molar-refractivity contribution in [2.75, 3.05) is 12.3 Å². The van der Waals surface area contributed by atoms with Crippen molar-refractivity contribution < 1.29 is 14.4 Å². The number of piperazine rings is 1. The maximum Gasteiger partial charge on any atom is 0.252 e. The molecule has 2 heterocycles. The summed E-state index contributed by atoms with van der Waals surface area (Å²) in [5, 5.41) is 11.2. The summed E-state index contributed by atoms with van der Waals surface area (Å²) in [4.78, 5) is 39.3. The molecule has 0 radical (unpaired) electrons. The Bertz CT molecular complexity index is 996. The largest absolute Gasteiger partial charge is 0.318 e. The summed E-state index contributed by atoms with van der Waals surface area (Å²) < 4.78 is 1.86. The van der Waals surface area contributed by atoms with Gasteiger partial charge in [0, 0.05) is 0 Å². The van der Waals surface area contributed by atoms with Gasteiger partial charge in [-0.15, -0.1) is 10.2 Å². The number of aryl methyl sites for hydroxylation is 2. The van der Waals surface area contributed by atoms with Crippen LogP contribution in [0.1, 0.15) is 43.2 Å². The van der Waals surface area contributed by atoms with Crippen molar-refractivity contribution >= 4 is 29.5 Å². The van der Waals surface area contributed by atoms with Crippen LogP contribution in [0.2, 0.25) is 0 Å². The Morgan fingerprint density at radius 3 is 2.70 bits per heavy atom. The smallest absolute Gasteiger partial charge is 0.252 e. The van der Waals surface area contributed by atoms with Crippen molar-refractivity contribution in [3.05, 3.63) is 35.7 Å². The topological polar surface area (TPSA) is 97.2 Å². The third kappa shape index (κ3) is 3.74. The number of nitrogens with zero attached hydrogens (tertiary/aromatic N) is 4. The van der Waals surface area contributed by atoms with Crippen molar-refractivity contribution in [3.8, 4) is 5.69 Å². The molecule has 1 aromatic heterocycles. The van der Waals surface area contributed by atoms with Crippen LogP contribution in [0.3, 0.4) is 0 Å². The average molecular weight is 428 g/mol. The molecule has 2 aromatic rings. The molecule has 30 heavy (non-hydrogen) atoms. The third-order valence-electron chi connectivity index (χ3n) is 5.93. The standard InChI is InChI=1S/C21H25N5O3S/c1-14-6-7-16(15(2)10-14)25-13-22-24-20(25)30-12-18(28)26-11-17(27)23-19(29)21(26)8-4-3-5-9-21/h6-7,10,13H,3-5,8-9,11-12H2,1-2H3,(H,23,27,29). The van der Waals surface area contributed by atoms with Crippen LogP contribution in [0.25, 0.3) is 5.69 Å². The van der Waals surface area contributed by atoms with Crippen LogP contribution in [-0.2, 0) is 14.4 Å². The number of rotatable bonds is 4. The highest BCUT2D eigenvalue weighted by Crippen LogP contribution is 2.36. The number of imide groups is 1. The van der Waals surface area contributed by atoms with Crippen LogP contribution in [0.4, 0.5) is 0 Å². The molecule has 1 spiro atoms. The highest BCUT2D eigenvalue weighted by atomic mass is 32.2. The Balaban J connectivity index is 1.53. The molecule has 1 saturated carbocycles. The summed E-state index contributed by atoms with van der Waals surface area (Å²) in [6.45, 7) is 3.98. The van der Waals surface area contributed by atoms with Crippen LogP contribution in [-0.4, -0.2) is 55.2 Å². The van der Waals surface area contributed by atoms with E-state index < -0.39 is 11.4 Å². The molecule has 0 atom stereocenters. The lowest BCUT2D eigenvalue weighted by Gasteiger charge is -2.47. The highest BCUT2D eigenvalue weighted by Gasteiger charge is 2.50. The fraction of sp³-hybridized carbons (Fsp3) is 0.476. The number of carbonyl (C=O) groups excluding carboxylic acids is 3. The second-order valence-electron chi connectivity index (χ2n) is 8.01. The zero-order valence-corrected chi connectivity index (χ0v) is 18.0. The zero-order valence-electron chi connectivity index (χ0n) is 17.2. The van der Waals surface area contributed by atoms with E-state index in [-0.39, 0.29) is 24.1 Å². The average Bonchev–Trinajstić information content (AvgIpc) is 3.18. The van der Waals surface area contributed by atoms with E-state index >= 15 is 0 Å². The van der Waals surface area contributed by atoms with Gasteiger partial charge in [0.1, 0.15) is 18.4 Å². The Morgan fingerprint density at radius 1 is 1.20 bits per heavy atom.